The van der Waals surface area contributed by atoms with Crippen molar-refractivity contribution in [2.24, 2.45) is 0 Å². The Kier molecular flexibility index (Phi) is 3.25. The van der Waals surface area contributed by atoms with E-state index >= 15 is 0 Å². The van der Waals surface area contributed by atoms with Gasteiger partial charge in [0.2, 0.25) is 0 Å². The number of methoxy groups -OCH3 is 1. The van der Waals surface area contributed by atoms with Crippen molar-refractivity contribution in [3.05, 3.63) is 35.5 Å². The minimum absolute atomic E-state index is 0.483. The van der Waals surface area contributed by atoms with Crippen molar-refractivity contribution in [2.45, 2.75) is 18.7 Å². The van der Waals surface area contributed by atoms with Gasteiger partial charge in [0.25, 0.3) is 0 Å². The molecule has 21 heavy (non-hydrogen) atoms. The quantitative estimate of drug-likeness (QED) is 0.714. The Balaban J connectivity index is 2.31. The van der Waals surface area contributed by atoms with E-state index in [-0.39, 0.29) is 0 Å². The second kappa shape index (κ2) is 4.96. The topological polar surface area (TPSA) is 66.0 Å². The molecule has 0 aliphatic heterocycles. The number of rotatable bonds is 2. The maximum Gasteiger partial charge on any atom is 0.156 e. The minimum atomic E-state index is 0.483. The Bertz CT molecular complexity index is 841. The lowest BCUT2D eigenvalue weighted by atomic mass is 10.1. The first-order valence-corrected chi connectivity index (χ1v) is 6.96. The normalized spacial score (nSPS) is 11.0. The van der Waals surface area contributed by atoms with Gasteiger partial charge >= 0.3 is 0 Å². The van der Waals surface area contributed by atoms with E-state index in [1.807, 2.05) is 38.1 Å². The Hall–Kier alpha value is -2.21. The summed E-state index contributed by atoms with van der Waals surface area (Å²) in [6.45, 7) is 3.89. The van der Waals surface area contributed by atoms with Crippen LogP contribution in [0.1, 0.15) is 11.3 Å². The summed E-state index contributed by atoms with van der Waals surface area (Å²) >= 11 is 4.36. The largest absolute Gasteiger partial charge is 0.494 e. The fourth-order valence-electron chi connectivity index (χ4n) is 2.36. The summed E-state index contributed by atoms with van der Waals surface area (Å²) in [7, 11) is 1.64. The molecular formula is C15H16N4OS. The molecule has 0 aliphatic carbocycles. The van der Waals surface area contributed by atoms with E-state index in [0.717, 1.165) is 27.9 Å². The lowest BCUT2D eigenvalue weighted by molar-refractivity contribution is 0.419. The van der Waals surface area contributed by atoms with E-state index in [9.17, 15) is 0 Å². The number of thiol groups is 1. The standard InChI is InChI=1S/C15H16N4OS/c1-8-7-12(19-15(16)14(21)9(2)18-19)17-13-10(8)5-4-6-11(13)20-3/h4-7,21H,16H2,1-3H3. The van der Waals surface area contributed by atoms with Gasteiger partial charge in [-0.25, -0.2) is 4.98 Å². The molecule has 0 unspecified atom stereocenters. The molecule has 0 bridgehead atoms. The van der Waals surface area contributed by atoms with Crippen molar-refractivity contribution in [1.82, 2.24) is 14.8 Å². The van der Waals surface area contributed by atoms with Gasteiger partial charge in [0, 0.05) is 5.39 Å². The van der Waals surface area contributed by atoms with Crippen molar-refractivity contribution in [3.8, 4) is 11.6 Å². The van der Waals surface area contributed by atoms with E-state index in [4.69, 9.17) is 10.5 Å². The maximum absolute atomic E-state index is 6.05. The summed E-state index contributed by atoms with van der Waals surface area (Å²) in [6, 6.07) is 7.82. The van der Waals surface area contributed by atoms with Gasteiger partial charge in [0.1, 0.15) is 17.1 Å². The fraction of sp³-hybridized carbons (Fsp3) is 0.200. The van der Waals surface area contributed by atoms with Gasteiger partial charge in [-0.05, 0) is 31.5 Å². The molecule has 108 valence electrons. The van der Waals surface area contributed by atoms with Gasteiger partial charge in [0.05, 0.1) is 17.7 Å². The summed E-state index contributed by atoms with van der Waals surface area (Å²) in [6.07, 6.45) is 0. The van der Waals surface area contributed by atoms with Gasteiger partial charge in [-0.3, -0.25) is 0 Å². The summed E-state index contributed by atoms with van der Waals surface area (Å²) in [5.41, 5.74) is 8.71. The van der Waals surface area contributed by atoms with Crippen molar-refractivity contribution in [1.29, 1.82) is 0 Å². The lowest BCUT2D eigenvalue weighted by Crippen LogP contribution is -2.05. The molecule has 0 saturated heterocycles. The highest BCUT2D eigenvalue weighted by atomic mass is 32.1. The number of fused-ring (bicyclic) bond motifs is 1. The van der Waals surface area contributed by atoms with Gasteiger partial charge in [-0.15, -0.1) is 12.6 Å². The Labute approximate surface area is 128 Å². The zero-order valence-electron chi connectivity index (χ0n) is 12.1. The summed E-state index contributed by atoms with van der Waals surface area (Å²) in [5.74, 6) is 1.87. The molecule has 0 atom stereocenters. The molecule has 1 aromatic carbocycles. The SMILES string of the molecule is COc1cccc2c(C)cc(-n3nc(C)c(S)c3N)nc12. The molecule has 0 fully saturated rings. The van der Waals surface area contributed by atoms with Crippen LogP contribution in [0.25, 0.3) is 16.7 Å². The predicted octanol–water partition coefficient (Wildman–Crippen LogP) is 2.92. The third-order valence-corrected chi connectivity index (χ3v) is 4.05. The lowest BCUT2D eigenvalue weighted by Gasteiger charge is -2.10. The van der Waals surface area contributed by atoms with Crippen LogP contribution in [0.4, 0.5) is 5.82 Å². The molecule has 2 aromatic heterocycles. The molecule has 0 saturated carbocycles. The first-order valence-electron chi connectivity index (χ1n) is 6.51. The monoisotopic (exact) mass is 300 g/mol. The number of nitrogens with zero attached hydrogens (tertiary/aromatic N) is 3. The molecule has 3 rings (SSSR count). The van der Waals surface area contributed by atoms with E-state index in [2.05, 4.69) is 22.7 Å². The van der Waals surface area contributed by atoms with Crippen LogP contribution in [0.2, 0.25) is 0 Å². The number of aryl methyl sites for hydroxylation is 2. The summed E-state index contributed by atoms with van der Waals surface area (Å²) in [5, 5.41) is 5.44. The molecule has 5 nitrogen and oxygen atoms in total. The Morgan fingerprint density at radius 2 is 2.05 bits per heavy atom. The second-order valence-corrected chi connectivity index (χ2v) is 5.33. The fourth-order valence-corrected chi connectivity index (χ4v) is 2.50. The molecule has 6 heteroatoms. The van der Waals surface area contributed by atoms with E-state index < -0.39 is 0 Å². The smallest absolute Gasteiger partial charge is 0.156 e. The molecule has 0 aliphatic rings. The average molecular weight is 300 g/mol. The number of anilines is 1. The maximum atomic E-state index is 6.05. The highest BCUT2D eigenvalue weighted by Crippen LogP contribution is 2.29. The summed E-state index contributed by atoms with van der Waals surface area (Å²) in [4.78, 5) is 5.33. The van der Waals surface area contributed by atoms with Crippen LogP contribution in [-0.4, -0.2) is 21.9 Å². The molecule has 2 heterocycles. The van der Waals surface area contributed by atoms with Gasteiger partial charge < -0.3 is 10.5 Å². The molecular weight excluding hydrogens is 284 g/mol. The van der Waals surface area contributed by atoms with Gasteiger partial charge in [0.15, 0.2) is 5.82 Å². The van der Waals surface area contributed by atoms with Crippen molar-refractivity contribution >= 4 is 29.3 Å². The van der Waals surface area contributed by atoms with Crippen LogP contribution in [0.15, 0.2) is 29.2 Å². The van der Waals surface area contributed by atoms with Crippen LogP contribution in [0, 0.1) is 13.8 Å². The van der Waals surface area contributed by atoms with Crippen molar-refractivity contribution < 1.29 is 4.74 Å². The zero-order chi connectivity index (χ0) is 15.1. The van der Waals surface area contributed by atoms with E-state index in [1.165, 1.54) is 0 Å². The molecule has 0 radical (unpaired) electrons. The minimum Gasteiger partial charge on any atom is -0.494 e. The van der Waals surface area contributed by atoms with Crippen LogP contribution in [-0.2, 0) is 0 Å². The first kappa shape index (κ1) is 13.8. The molecule has 0 spiro atoms. The third-order valence-electron chi connectivity index (χ3n) is 3.50. The number of para-hydroxylation sites is 1. The number of pyridine rings is 1. The number of nitrogen functional groups attached to an aromatic ring is 1. The van der Waals surface area contributed by atoms with Crippen molar-refractivity contribution in [2.75, 3.05) is 12.8 Å². The van der Waals surface area contributed by atoms with Crippen LogP contribution >= 0.6 is 12.6 Å². The van der Waals surface area contributed by atoms with E-state index in [0.29, 0.717) is 16.5 Å². The molecule has 3 aromatic rings. The number of nitrogens with two attached hydrogens (primary N) is 1. The highest BCUT2D eigenvalue weighted by Gasteiger charge is 2.14. The van der Waals surface area contributed by atoms with E-state index in [1.54, 1.807) is 11.8 Å². The second-order valence-electron chi connectivity index (χ2n) is 4.88. The predicted molar refractivity (Wildman–Crippen MR) is 86.6 cm³/mol. The Morgan fingerprint density at radius 3 is 2.67 bits per heavy atom. The average Bonchev–Trinajstić information content (AvgIpc) is 2.74. The Morgan fingerprint density at radius 1 is 1.29 bits per heavy atom. The number of aromatic nitrogens is 3. The van der Waals surface area contributed by atoms with Crippen LogP contribution in [0.3, 0.4) is 0 Å². The summed E-state index contributed by atoms with van der Waals surface area (Å²) < 4.78 is 7.00. The number of benzene rings is 1. The third kappa shape index (κ3) is 2.12. The number of hydrogen-bond acceptors (Lipinski definition) is 5. The van der Waals surface area contributed by atoms with Gasteiger partial charge in [-0.2, -0.15) is 9.78 Å². The number of hydrogen-bond donors (Lipinski definition) is 2. The van der Waals surface area contributed by atoms with Crippen LogP contribution in [0.5, 0.6) is 5.75 Å². The highest BCUT2D eigenvalue weighted by molar-refractivity contribution is 7.80. The van der Waals surface area contributed by atoms with Gasteiger partial charge in [-0.1, -0.05) is 12.1 Å². The molecule has 0 amide bonds. The molecule has 2 N–H and O–H groups in total. The number of ether oxygens (including phenoxy) is 1. The van der Waals surface area contributed by atoms with Crippen LogP contribution < -0.4 is 10.5 Å². The van der Waals surface area contributed by atoms with Crippen molar-refractivity contribution in [3.63, 3.8) is 0 Å². The first-order chi connectivity index (χ1) is 10.0. The zero-order valence-corrected chi connectivity index (χ0v) is 13.0.